The number of nitrogen functional groups attached to an aromatic ring is 1. The molecule has 1 heterocycles. The minimum atomic E-state index is -4.49. The summed E-state index contributed by atoms with van der Waals surface area (Å²) in [7, 11) is 0. The number of halogens is 3. The van der Waals surface area contributed by atoms with Crippen LogP contribution in [0.15, 0.2) is 60.7 Å². The van der Waals surface area contributed by atoms with Gasteiger partial charge in [0, 0.05) is 28.8 Å². The van der Waals surface area contributed by atoms with Crippen molar-refractivity contribution in [3.05, 3.63) is 87.5 Å². The molecular weight excluding hydrogens is 413 g/mol. The zero-order chi connectivity index (χ0) is 22.3. The molecule has 0 saturated heterocycles. The second-order valence-electron chi connectivity index (χ2n) is 6.72. The van der Waals surface area contributed by atoms with Crippen LogP contribution < -0.4 is 5.73 Å². The zero-order valence-corrected chi connectivity index (χ0v) is 15.6. The Morgan fingerprint density at radius 1 is 1.06 bits per heavy atom. The normalized spacial score (nSPS) is 11.6. The van der Waals surface area contributed by atoms with Gasteiger partial charge in [0.25, 0.3) is 5.69 Å². The number of nitrogens with zero attached hydrogens (tertiary/aromatic N) is 2. The van der Waals surface area contributed by atoms with Crippen LogP contribution in [0.3, 0.4) is 0 Å². The molecule has 7 nitrogen and oxygen atoms in total. The number of ketones is 1. The van der Waals surface area contributed by atoms with E-state index in [1.807, 2.05) is 0 Å². The Balaban J connectivity index is 1.73. The number of H-pyrrole nitrogens is 1. The molecule has 0 spiro atoms. The third-order valence-electron chi connectivity index (χ3n) is 4.74. The highest BCUT2D eigenvalue weighted by Gasteiger charge is 2.30. The van der Waals surface area contributed by atoms with Crippen molar-refractivity contribution in [1.82, 2.24) is 9.97 Å². The third-order valence-corrected chi connectivity index (χ3v) is 4.74. The summed E-state index contributed by atoms with van der Waals surface area (Å²) in [5.74, 6) is -0.286. The molecule has 0 aliphatic heterocycles. The first-order valence-corrected chi connectivity index (χ1v) is 8.90. The van der Waals surface area contributed by atoms with Crippen molar-refractivity contribution in [2.45, 2.75) is 6.18 Å². The molecule has 0 saturated carbocycles. The summed E-state index contributed by atoms with van der Waals surface area (Å²) in [6.07, 6.45) is -4.49. The fourth-order valence-corrected chi connectivity index (χ4v) is 3.16. The fourth-order valence-electron chi connectivity index (χ4n) is 3.16. The molecule has 3 aromatic carbocycles. The molecule has 0 unspecified atom stereocenters. The van der Waals surface area contributed by atoms with E-state index in [1.165, 1.54) is 42.5 Å². The first-order chi connectivity index (χ1) is 14.6. The lowest BCUT2D eigenvalue weighted by Gasteiger charge is -2.07. The quantitative estimate of drug-likeness (QED) is 0.207. The van der Waals surface area contributed by atoms with E-state index in [1.54, 1.807) is 6.07 Å². The fraction of sp³-hybridized carbons (Fsp3) is 0.0476. The van der Waals surface area contributed by atoms with E-state index in [0.717, 1.165) is 12.1 Å². The van der Waals surface area contributed by atoms with Gasteiger partial charge in [-0.2, -0.15) is 13.2 Å². The van der Waals surface area contributed by atoms with Gasteiger partial charge >= 0.3 is 6.18 Å². The van der Waals surface area contributed by atoms with Gasteiger partial charge in [0.1, 0.15) is 11.3 Å². The molecule has 0 fully saturated rings. The molecular formula is C21H13F3N4O3. The minimum absolute atomic E-state index is 0.0512. The zero-order valence-electron chi connectivity index (χ0n) is 15.6. The van der Waals surface area contributed by atoms with Crippen LogP contribution in [-0.2, 0) is 6.18 Å². The van der Waals surface area contributed by atoms with Crippen molar-refractivity contribution < 1.29 is 22.9 Å². The second-order valence-corrected chi connectivity index (χ2v) is 6.72. The summed E-state index contributed by atoms with van der Waals surface area (Å²) in [5, 5.41) is 10.8. The van der Waals surface area contributed by atoms with Crippen molar-refractivity contribution >= 4 is 28.2 Å². The van der Waals surface area contributed by atoms with Gasteiger partial charge in [0.05, 0.1) is 21.7 Å². The van der Waals surface area contributed by atoms with Crippen molar-refractivity contribution in [1.29, 1.82) is 0 Å². The van der Waals surface area contributed by atoms with Crippen molar-refractivity contribution in [2.24, 2.45) is 0 Å². The topological polar surface area (TPSA) is 115 Å². The smallest absolute Gasteiger partial charge is 0.396 e. The Hall–Kier alpha value is -4.21. The average molecular weight is 426 g/mol. The van der Waals surface area contributed by atoms with Gasteiger partial charge in [-0.1, -0.05) is 12.1 Å². The Morgan fingerprint density at radius 2 is 1.77 bits per heavy atom. The molecule has 156 valence electrons. The Labute approximate surface area is 172 Å². The summed E-state index contributed by atoms with van der Waals surface area (Å²) in [6, 6.07) is 12.8. The van der Waals surface area contributed by atoms with Crippen LogP contribution in [0.4, 0.5) is 24.5 Å². The van der Waals surface area contributed by atoms with Crippen LogP contribution in [-0.4, -0.2) is 20.7 Å². The Bertz CT molecular complexity index is 1330. The number of imidazole rings is 1. The van der Waals surface area contributed by atoms with Gasteiger partial charge in [0.15, 0.2) is 5.78 Å². The lowest BCUT2D eigenvalue weighted by molar-refractivity contribution is -0.384. The number of nitrogens with two attached hydrogens (primary N) is 1. The first kappa shape index (κ1) is 20.1. The lowest BCUT2D eigenvalue weighted by Crippen LogP contribution is -2.06. The van der Waals surface area contributed by atoms with Gasteiger partial charge in [-0.15, -0.1) is 0 Å². The molecule has 0 atom stereocenters. The van der Waals surface area contributed by atoms with E-state index >= 15 is 0 Å². The molecule has 4 rings (SSSR count). The largest absolute Gasteiger partial charge is 0.416 e. The molecule has 1 aromatic heterocycles. The van der Waals surface area contributed by atoms with Crippen molar-refractivity contribution in [3.8, 4) is 11.4 Å². The SMILES string of the molecule is Nc1c(C(=O)c2ccc([N+](=O)[O-])cc2)ccc2[nH]c(-c3cccc(C(F)(F)F)c3)nc12. The number of nitro groups is 1. The number of carbonyl (C=O) groups excluding carboxylic acids is 1. The Morgan fingerprint density at radius 3 is 2.42 bits per heavy atom. The first-order valence-electron chi connectivity index (χ1n) is 8.90. The van der Waals surface area contributed by atoms with Crippen LogP contribution in [0.1, 0.15) is 21.5 Å². The molecule has 31 heavy (non-hydrogen) atoms. The van der Waals surface area contributed by atoms with E-state index in [0.29, 0.717) is 5.52 Å². The highest BCUT2D eigenvalue weighted by Crippen LogP contribution is 2.33. The van der Waals surface area contributed by atoms with Crippen LogP contribution in [0.25, 0.3) is 22.4 Å². The number of hydrogen-bond donors (Lipinski definition) is 2. The monoisotopic (exact) mass is 426 g/mol. The van der Waals surface area contributed by atoms with Gasteiger partial charge in [-0.25, -0.2) is 4.98 Å². The van der Waals surface area contributed by atoms with Gasteiger partial charge in [0.2, 0.25) is 0 Å². The maximum atomic E-state index is 13.0. The number of carbonyl (C=O) groups is 1. The number of hydrogen-bond acceptors (Lipinski definition) is 5. The number of nitrogens with one attached hydrogen (secondary N) is 1. The van der Waals surface area contributed by atoms with E-state index in [-0.39, 0.29) is 39.4 Å². The number of anilines is 1. The molecule has 0 bridgehead atoms. The number of aromatic nitrogens is 2. The van der Waals surface area contributed by atoms with Gasteiger partial charge < -0.3 is 10.7 Å². The van der Waals surface area contributed by atoms with Crippen LogP contribution in [0.2, 0.25) is 0 Å². The van der Waals surface area contributed by atoms with Gasteiger partial charge in [-0.05, 0) is 36.4 Å². The predicted octanol–water partition coefficient (Wildman–Crippen LogP) is 4.97. The number of nitro benzene ring substituents is 1. The minimum Gasteiger partial charge on any atom is -0.396 e. The molecule has 0 radical (unpaired) electrons. The van der Waals surface area contributed by atoms with E-state index < -0.39 is 22.4 Å². The van der Waals surface area contributed by atoms with E-state index in [4.69, 9.17) is 5.73 Å². The highest BCUT2D eigenvalue weighted by atomic mass is 19.4. The number of aromatic amines is 1. The molecule has 0 amide bonds. The summed E-state index contributed by atoms with van der Waals surface area (Å²) >= 11 is 0. The van der Waals surface area contributed by atoms with E-state index in [9.17, 15) is 28.1 Å². The summed E-state index contributed by atoms with van der Waals surface area (Å²) in [4.78, 5) is 30.2. The predicted molar refractivity (Wildman–Crippen MR) is 107 cm³/mol. The maximum Gasteiger partial charge on any atom is 0.416 e. The van der Waals surface area contributed by atoms with Crippen molar-refractivity contribution in [3.63, 3.8) is 0 Å². The van der Waals surface area contributed by atoms with Crippen LogP contribution in [0.5, 0.6) is 0 Å². The standard InChI is InChI=1S/C21H13F3N4O3/c22-21(23,24)13-3-1-2-12(10-13)20-26-16-9-8-15(17(25)18(16)27-20)19(29)11-4-6-14(7-5-11)28(30)31/h1-10H,25H2,(H,26,27). The second kappa shape index (κ2) is 7.24. The number of benzene rings is 3. The van der Waals surface area contributed by atoms with Crippen LogP contribution >= 0.6 is 0 Å². The highest BCUT2D eigenvalue weighted by molar-refractivity contribution is 6.15. The maximum absolute atomic E-state index is 13.0. The number of rotatable bonds is 4. The lowest BCUT2D eigenvalue weighted by atomic mass is 10.0. The number of alkyl halides is 3. The molecule has 0 aliphatic carbocycles. The molecule has 10 heteroatoms. The third kappa shape index (κ3) is 3.70. The molecule has 0 aliphatic rings. The Kier molecular flexibility index (Phi) is 4.69. The van der Waals surface area contributed by atoms with Crippen LogP contribution in [0, 0.1) is 10.1 Å². The summed E-state index contributed by atoms with van der Waals surface area (Å²) in [6.45, 7) is 0. The average Bonchev–Trinajstić information content (AvgIpc) is 3.18. The molecule has 4 aromatic rings. The summed E-state index contributed by atoms with van der Waals surface area (Å²) in [5.41, 5.74) is 6.45. The molecule has 3 N–H and O–H groups in total. The van der Waals surface area contributed by atoms with E-state index in [2.05, 4.69) is 9.97 Å². The number of non-ortho nitro benzene ring substituents is 1. The van der Waals surface area contributed by atoms with Gasteiger partial charge in [-0.3, -0.25) is 14.9 Å². The number of fused-ring (bicyclic) bond motifs is 1. The summed E-state index contributed by atoms with van der Waals surface area (Å²) < 4.78 is 39.0. The van der Waals surface area contributed by atoms with Crippen molar-refractivity contribution in [2.75, 3.05) is 5.73 Å².